The van der Waals surface area contributed by atoms with Crippen molar-refractivity contribution in [2.45, 2.75) is 63.7 Å². The molecule has 0 atom stereocenters. The molecule has 0 saturated heterocycles. The van der Waals surface area contributed by atoms with Crippen molar-refractivity contribution < 1.29 is 4.39 Å². The smallest absolute Gasteiger partial charge is 0.141 e. The third-order valence-electron chi connectivity index (χ3n) is 4.95. The molecule has 22 heavy (non-hydrogen) atoms. The molecule has 1 aliphatic rings. The van der Waals surface area contributed by atoms with E-state index in [1.165, 1.54) is 38.5 Å². The summed E-state index contributed by atoms with van der Waals surface area (Å²) in [4.78, 5) is 0. The number of rotatable bonds is 7. The minimum absolute atomic E-state index is 0.150. The van der Waals surface area contributed by atoms with Crippen molar-refractivity contribution in [1.82, 2.24) is 0 Å². The summed E-state index contributed by atoms with van der Waals surface area (Å²) in [6.45, 7) is 3.76. The van der Waals surface area contributed by atoms with Gasteiger partial charge in [0.2, 0.25) is 0 Å². The molecule has 1 nitrogen and oxygen atoms in total. The van der Waals surface area contributed by atoms with Crippen molar-refractivity contribution in [3.63, 3.8) is 0 Å². The van der Waals surface area contributed by atoms with E-state index in [0.717, 1.165) is 30.7 Å². The van der Waals surface area contributed by atoms with E-state index >= 15 is 0 Å². The van der Waals surface area contributed by atoms with Gasteiger partial charge in [-0.15, -0.1) is 6.58 Å². The summed E-state index contributed by atoms with van der Waals surface area (Å²) in [5, 5.41) is 8.80. The molecule has 0 amide bonds. The maximum atomic E-state index is 13.7. The van der Waals surface area contributed by atoms with Gasteiger partial charge in [-0.05, 0) is 68.1 Å². The lowest BCUT2D eigenvalue weighted by molar-refractivity contribution is 0.302. The van der Waals surface area contributed by atoms with Crippen molar-refractivity contribution >= 4 is 0 Å². The van der Waals surface area contributed by atoms with E-state index < -0.39 is 0 Å². The number of nitrogens with zero attached hydrogens (tertiary/aromatic N) is 1. The number of benzene rings is 1. The van der Waals surface area contributed by atoms with E-state index in [1.807, 2.05) is 18.2 Å². The molecule has 0 N–H and O–H groups in total. The van der Waals surface area contributed by atoms with Crippen LogP contribution in [-0.2, 0) is 0 Å². The molecule has 1 aliphatic carbocycles. The van der Waals surface area contributed by atoms with Gasteiger partial charge in [-0.25, -0.2) is 4.39 Å². The normalized spacial score (nSPS) is 21.3. The van der Waals surface area contributed by atoms with Crippen molar-refractivity contribution in [2.75, 3.05) is 0 Å². The molecule has 0 radical (unpaired) electrons. The van der Waals surface area contributed by atoms with Gasteiger partial charge in [0.1, 0.15) is 11.9 Å². The van der Waals surface area contributed by atoms with Gasteiger partial charge in [-0.2, -0.15) is 5.26 Å². The molecule has 118 valence electrons. The number of hydrogen-bond donors (Lipinski definition) is 0. The zero-order chi connectivity index (χ0) is 15.8. The molecule has 0 spiro atoms. The molecular weight excluding hydrogens is 273 g/mol. The Hall–Kier alpha value is -1.62. The highest BCUT2D eigenvalue weighted by molar-refractivity contribution is 5.34. The Kier molecular flexibility index (Phi) is 6.65. The molecule has 1 fully saturated rings. The second-order valence-electron chi connectivity index (χ2n) is 6.50. The highest BCUT2D eigenvalue weighted by Crippen LogP contribution is 2.38. The van der Waals surface area contributed by atoms with Crippen molar-refractivity contribution in [3.05, 3.63) is 47.8 Å². The lowest BCUT2D eigenvalue weighted by Crippen LogP contribution is -2.13. The minimum atomic E-state index is -0.371. The van der Waals surface area contributed by atoms with Crippen molar-refractivity contribution in [1.29, 1.82) is 5.26 Å². The molecule has 0 bridgehead atoms. The summed E-state index contributed by atoms with van der Waals surface area (Å²) in [6.07, 6.45) is 13.2. The molecule has 2 rings (SSSR count). The fourth-order valence-electron chi connectivity index (χ4n) is 3.56. The molecule has 1 saturated carbocycles. The molecular formula is C20H26FN. The van der Waals surface area contributed by atoms with Gasteiger partial charge in [-0.1, -0.05) is 31.4 Å². The van der Waals surface area contributed by atoms with E-state index in [0.29, 0.717) is 5.92 Å². The predicted octanol–water partition coefficient (Wildman–Crippen LogP) is 6.11. The first kappa shape index (κ1) is 16.7. The van der Waals surface area contributed by atoms with Gasteiger partial charge in [-0.3, -0.25) is 0 Å². The maximum Gasteiger partial charge on any atom is 0.141 e. The summed E-state index contributed by atoms with van der Waals surface area (Å²) < 4.78 is 13.7. The summed E-state index contributed by atoms with van der Waals surface area (Å²) in [7, 11) is 0. The second-order valence-corrected chi connectivity index (χ2v) is 6.50. The van der Waals surface area contributed by atoms with E-state index in [4.69, 9.17) is 5.26 Å². The van der Waals surface area contributed by atoms with E-state index in [-0.39, 0.29) is 11.4 Å². The third kappa shape index (κ3) is 4.70. The predicted molar refractivity (Wildman–Crippen MR) is 89.1 cm³/mol. The average molecular weight is 299 g/mol. The monoisotopic (exact) mass is 299 g/mol. The van der Waals surface area contributed by atoms with Crippen LogP contribution in [0.5, 0.6) is 0 Å². The molecule has 0 aliphatic heterocycles. The first-order valence-corrected chi connectivity index (χ1v) is 8.55. The average Bonchev–Trinajstić information content (AvgIpc) is 2.55. The van der Waals surface area contributed by atoms with Crippen LogP contribution in [-0.4, -0.2) is 0 Å². The summed E-state index contributed by atoms with van der Waals surface area (Å²) in [5.41, 5.74) is 1.22. The van der Waals surface area contributed by atoms with Crippen LogP contribution in [0.15, 0.2) is 30.9 Å². The Morgan fingerprint density at radius 1 is 1.18 bits per heavy atom. The van der Waals surface area contributed by atoms with Crippen molar-refractivity contribution in [3.8, 4) is 6.07 Å². The Morgan fingerprint density at radius 2 is 1.95 bits per heavy atom. The van der Waals surface area contributed by atoms with Crippen LogP contribution in [0.1, 0.15) is 74.8 Å². The topological polar surface area (TPSA) is 23.8 Å². The zero-order valence-corrected chi connectivity index (χ0v) is 13.4. The Bertz CT molecular complexity index is 521. The van der Waals surface area contributed by atoms with Crippen LogP contribution in [0.25, 0.3) is 0 Å². The summed E-state index contributed by atoms with van der Waals surface area (Å²) in [5.74, 6) is 0.951. The van der Waals surface area contributed by atoms with Gasteiger partial charge in [0.05, 0.1) is 5.56 Å². The van der Waals surface area contributed by atoms with Gasteiger partial charge in [0.15, 0.2) is 0 Å². The number of unbranched alkanes of at least 4 members (excludes halogenated alkanes) is 3. The van der Waals surface area contributed by atoms with E-state index in [1.54, 1.807) is 12.1 Å². The number of allylic oxidation sites excluding steroid dienone is 1. The van der Waals surface area contributed by atoms with Crippen LogP contribution in [0.4, 0.5) is 4.39 Å². The molecule has 0 heterocycles. The standard InChI is InChI=1S/C20H26FN/c1-2-3-4-5-6-7-16-8-10-17(11-9-16)18-12-13-19(15-22)20(21)14-18/h2,12-14,16-17H,1,3-11H2. The Labute approximate surface area is 133 Å². The van der Waals surface area contributed by atoms with Crippen LogP contribution >= 0.6 is 0 Å². The van der Waals surface area contributed by atoms with Gasteiger partial charge in [0, 0.05) is 0 Å². The van der Waals surface area contributed by atoms with Crippen LogP contribution in [0.3, 0.4) is 0 Å². The molecule has 2 heteroatoms. The lowest BCUT2D eigenvalue weighted by Gasteiger charge is -2.29. The van der Waals surface area contributed by atoms with E-state index in [9.17, 15) is 4.39 Å². The fourth-order valence-corrected chi connectivity index (χ4v) is 3.56. The Morgan fingerprint density at radius 3 is 2.59 bits per heavy atom. The molecule has 0 unspecified atom stereocenters. The molecule has 1 aromatic carbocycles. The summed E-state index contributed by atoms with van der Waals surface area (Å²) >= 11 is 0. The second kappa shape index (κ2) is 8.73. The highest BCUT2D eigenvalue weighted by atomic mass is 19.1. The van der Waals surface area contributed by atoms with Crippen LogP contribution in [0.2, 0.25) is 0 Å². The summed E-state index contributed by atoms with van der Waals surface area (Å²) in [6, 6.07) is 7.01. The Balaban J connectivity index is 1.76. The third-order valence-corrected chi connectivity index (χ3v) is 4.95. The zero-order valence-electron chi connectivity index (χ0n) is 13.4. The van der Waals surface area contributed by atoms with Crippen molar-refractivity contribution in [2.24, 2.45) is 5.92 Å². The maximum absolute atomic E-state index is 13.7. The van der Waals surface area contributed by atoms with Gasteiger partial charge in [0.25, 0.3) is 0 Å². The van der Waals surface area contributed by atoms with Gasteiger partial charge < -0.3 is 0 Å². The van der Waals surface area contributed by atoms with Crippen LogP contribution in [0, 0.1) is 23.1 Å². The van der Waals surface area contributed by atoms with E-state index in [2.05, 4.69) is 6.58 Å². The first-order chi connectivity index (χ1) is 10.7. The SMILES string of the molecule is C=CCCCCCC1CCC(c2ccc(C#N)c(F)c2)CC1. The number of nitriles is 1. The highest BCUT2D eigenvalue weighted by Gasteiger charge is 2.22. The first-order valence-electron chi connectivity index (χ1n) is 8.55. The number of hydrogen-bond acceptors (Lipinski definition) is 1. The van der Waals surface area contributed by atoms with Gasteiger partial charge >= 0.3 is 0 Å². The minimum Gasteiger partial charge on any atom is -0.206 e. The number of halogens is 1. The lowest BCUT2D eigenvalue weighted by atomic mass is 9.77. The molecule has 0 aromatic heterocycles. The quantitative estimate of drug-likeness (QED) is 0.440. The fraction of sp³-hybridized carbons (Fsp3) is 0.550. The largest absolute Gasteiger partial charge is 0.206 e. The molecule has 1 aromatic rings. The van der Waals surface area contributed by atoms with Crippen LogP contribution < -0.4 is 0 Å².